The maximum absolute atomic E-state index is 14.0. The minimum atomic E-state index is -1.62. The number of cyclic esters (lactones) is 1. The number of nitrogens with zero attached hydrogens (tertiary/aromatic N) is 1. The van der Waals surface area contributed by atoms with Crippen molar-refractivity contribution in [1.82, 2.24) is 4.90 Å². The molecule has 1 aliphatic rings. The Kier molecular flexibility index (Phi) is 7.92. The minimum Gasteiger partial charge on any atom is -0.440 e. The van der Waals surface area contributed by atoms with Crippen LogP contribution in [-0.2, 0) is 20.9 Å². The first-order valence-corrected chi connectivity index (χ1v) is 11.7. The molecule has 1 heterocycles. The molecule has 0 spiro atoms. The molecule has 6 heteroatoms. The van der Waals surface area contributed by atoms with Gasteiger partial charge in [-0.2, -0.15) is 0 Å². The number of rotatable bonds is 10. The molecule has 1 aliphatic heterocycles. The molecule has 0 aromatic heterocycles. The van der Waals surface area contributed by atoms with Crippen molar-refractivity contribution in [2.45, 2.75) is 83.3 Å². The summed E-state index contributed by atoms with van der Waals surface area (Å²) in [5, 5.41) is 11.2. The fourth-order valence-corrected chi connectivity index (χ4v) is 4.34. The number of aliphatic hydroxyl groups excluding tert-OH is 1. The van der Waals surface area contributed by atoms with Crippen LogP contribution in [0.1, 0.15) is 70.5 Å². The molecular formula is C27H35NO5. The lowest BCUT2D eigenvalue weighted by Gasteiger charge is -2.37. The Morgan fingerprint density at radius 3 is 2.33 bits per heavy atom. The molecule has 0 bridgehead atoms. The van der Waals surface area contributed by atoms with Gasteiger partial charge in [0, 0.05) is 0 Å². The highest BCUT2D eigenvalue weighted by atomic mass is 16.6. The summed E-state index contributed by atoms with van der Waals surface area (Å²) < 4.78 is 11.7. The van der Waals surface area contributed by atoms with Crippen LogP contribution in [0.2, 0.25) is 0 Å². The van der Waals surface area contributed by atoms with E-state index in [1.807, 2.05) is 60.7 Å². The van der Waals surface area contributed by atoms with E-state index >= 15 is 0 Å². The first-order chi connectivity index (χ1) is 15.7. The maximum Gasteiger partial charge on any atom is 0.417 e. The lowest BCUT2D eigenvalue weighted by Crippen LogP contribution is -2.57. The van der Waals surface area contributed by atoms with Gasteiger partial charge in [0.2, 0.25) is 0 Å². The molecule has 2 amide bonds. The van der Waals surface area contributed by atoms with E-state index < -0.39 is 35.3 Å². The Hall–Kier alpha value is -2.70. The topological polar surface area (TPSA) is 76.1 Å². The number of carbonyl (C=O) groups excluding carboxylic acids is 2. The second-order valence-electron chi connectivity index (χ2n) is 9.35. The third-order valence-corrected chi connectivity index (χ3v) is 6.32. The maximum atomic E-state index is 14.0. The number of unbranched alkanes of at least 4 members (excludes halogenated alkanes) is 2. The zero-order valence-corrected chi connectivity index (χ0v) is 20.0. The van der Waals surface area contributed by atoms with E-state index in [9.17, 15) is 14.7 Å². The highest BCUT2D eigenvalue weighted by Crippen LogP contribution is 2.43. The normalized spacial score (nSPS) is 20.2. The van der Waals surface area contributed by atoms with Gasteiger partial charge in [-0.05, 0) is 38.3 Å². The summed E-state index contributed by atoms with van der Waals surface area (Å²) in [6.07, 6.45) is 1.28. The summed E-state index contributed by atoms with van der Waals surface area (Å²) >= 11 is 0. The van der Waals surface area contributed by atoms with E-state index in [0.717, 1.165) is 35.3 Å². The van der Waals surface area contributed by atoms with Gasteiger partial charge in [0.15, 0.2) is 5.60 Å². The minimum absolute atomic E-state index is 0.135. The summed E-state index contributed by atoms with van der Waals surface area (Å²) in [5.41, 5.74) is -0.883. The van der Waals surface area contributed by atoms with E-state index in [2.05, 4.69) is 6.92 Å². The van der Waals surface area contributed by atoms with Gasteiger partial charge in [-0.15, -0.1) is 0 Å². The predicted molar refractivity (Wildman–Crippen MR) is 126 cm³/mol. The lowest BCUT2D eigenvalue weighted by molar-refractivity contribution is -0.174. The average Bonchev–Trinajstić information content (AvgIpc) is 3.06. The highest BCUT2D eigenvalue weighted by molar-refractivity contribution is 5.99. The van der Waals surface area contributed by atoms with E-state index in [4.69, 9.17) is 9.47 Å². The SMILES string of the molecule is CCCCC[C@H](O)[C@](C)(OCc1ccccc1)C(=O)N1C(=O)OC(C)(C)[C@H]1c1ccccc1. The molecule has 0 aliphatic carbocycles. The Balaban J connectivity index is 1.95. The monoisotopic (exact) mass is 453 g/mol. The van der Waals surface area contributed by atoms with Crippen LogP contribution in [0.25, 0.3) is 0 Å². The van der Waals surface area contributed by atoms with Gasteiger partial charge in [0.25, 0.3) is 5.91 Å². The molecule has 178 valence electrons. The molecule has 6 nitrogen and oxygen atoms in total. The van der Waals surface area contributed by atoms with E-state index in [1.54, 1.807) is 20.8 Å². The first-order valence-electron chi connectivity index (χ1n) is 11.7. The van der Waals surface area contributed by atoms with Gasteiger partial charge in [0.1, 0.15) is 11.6 Å². The van der Waals surface area contributed by atoms with Crippen molar-refractivity contribution in [3.63, 3.8) is 0 Å². The third-order valence-electron chi connectivity index (χ3n) is 6.32. The molecule has 0 unspecified atom stereocenters. The molecule has 2 aromatic carbocycles. The van der Waals surface area contributed by atoms with Crippen molar-refractivity contribution in [2.24, 2.45) is 0 Å². The number of carbonyl (C=O) groups is 2. The molecule has 1 fully saturated rings. The number of aliphatic hydroxyl groups is 1. The summed E-state index contributed by atoms with van der Waals surface area (Å²) in [7, 11) is 0. The number of imide groups is 1. The van der Waals surface area contributed by atoms with Crippen molar-refractivity contribution < 1.29 is 24.2 Å². The molecule has 3 rings (SSSR count). The zero-order valence-electron chi connectivity index (χ0n) is 20.0. The van der Waals surface area contributed by atoms with Crippen molar-refractivity contribution in [3.8, 4) is 0 Å². The van der Waals surface area contributed by atoms with Gasteiger partial charge in [-0.25, -0.2) is 9.69 Å². The molecule has 1 N–H and O–H groups in total. The van der Waals surface area contributed by atoms with Gasteiger partial charge in [0.05, 0.1) is 12.7 Å². The van der Waals surface area contributed by atoms with Crippen LogP contribution in [0, 0.1) is 0 Å². The van der Waals surface area contributed by atoms with Crippen LogP contribution in [-0.4, -0.2) is 39.3 Å². The van der Waals surface area contributed by atoms with Crippen LogP contribution in [0.3, 0.4) is 0 Å². The van der Waals surface area contributed by atoms with Crippen molar-refractivity contribution >= 4 is 12.0 Å². The van der Waals surface area contributed by atoms with Crippen LogP contribution >= 0.6 is 0 Å². The smallest absolute Gasteiger partial charge is 0.417 e. The van der Waals surface area contributed by atoms with Crippen LogP contribution < -0.4 is 0 Å². The molecule has 3 atom stereocenters. The highest BCUT2D eigenvalue weighted by Gasteiger charge is 2.56. The number of hydrogen-bond donors (Lipinski definition) is 1. The Morgan fingerprint density at radius 2 is 1.73 bits per heavy atom. The predicted octanol–water partition coefficient (Wildman–Crippen LogP) is 5.40. The lowest BCUT2D eigenvalue weighted by atomic mass is 9.88. The van der Waals surface area contributed by atoms with Gasteiger partial charge in [-0.3, -0.25) is 4.79 Å². The Morgan fingerprint density at radius 1 is 1.12 bits per heavy atom. The summed E-state index contributed by atoms with van der Waals surface area (Å²) in [4.78, 5) is 28.1. The fraction of sp³-hybridized carbons (Fsp3) is 0.481. The summed E-state index contributed by atoms with van der Waals surface area (Å²) in [6.45, 7) is 7.37. The van der Waals surface area contributed by atoms with Crippen molar-refractivity contribution in [2.75, 3.05) is 0 Å². The summed E-state index contributed by atoms with van der Waals surface area (Å²) in [5.74, 6) is -0.591. The molecule has 0 radical (unpaired) electrons. The second-order valence-corrected chi connectivity index (χ2v) is 9.35. The molecule has 1 saturated heterocycles. The molecule has 33 heavy (non-hydrogen) atoms. The quantitative estimate of drug-likeness (QED) is 0.487. The van der Waals surface area contributed by atoms with Crippen LogP contribution in [0.15, 0.2) is 60.7 Å². The third kappa shape index (κ3) is 5.45. The number of hydrogen-bond acceptors (Lipinski definition) is 5. The molecule has 0 saturated carbocycles. The zero-order chi connectivity index (χ0) is 24.1. The van der Waals surface area contributed by atoms with Crippen molar-refractivity contribution in [1.29, 1.82) is 0 Å². The summed E-state index contributed by atoms with van der Waals surface area (Å²) in [6, 6.07) is 18.2. The Bertz CT molecular complexity index is 930. The van der Waals surface area contributed by atoms with Crippen LogP contribution in [0.5, 0.6) is 0 Å². The average molecular weight is 454 g/mol. The van der Waals surface area contributed by atoms with Crippen LogP contribution in [0.4, 0.5) is 4.79 Å². The molecule has 2 aromatic rings. The number of benzene rings is 2. The molecular weight excluding hydrogens is 418 g/mol. The van der Waals surface area contributed by atoms with Gasteiger partial charge in [-0.1, -0.05) is 86.8 Å². The van der Waals surface area contributed by atoms with Gasteiger partial charge >= 0.3 is 6.09 Å². The standard InChI is InChI=1S/C27H35NO5/c1-5-6-9-18-22(29)27(4,32-19-20-14-10-7-11-15-20)24(30)28-23(21-16-12-8-13-17-21)26(2,3)33-25(28)31/h7-8,10-17,22-23,29H,5-6,9,18-19H2,1-4H3/t22-,23+,27-/m0/s1. The Labute approximate surface area is 196 Å². The largest absolute Gasteiger partial charge is 0.440 e. The van der Waals surface area contributed by atoms with E-state index in [1.165, 1.54) is 0 Å². The van der Waals surface area contributed by atoms with Gasteiger partial charge < -0.3 is 14.6 Å². The number of ether oxygens (including phenoxy) is 2. The second kappa shape index (κ2) is 10.5. The van der Waals surface area contributed by atoms with E-state index in [-0.39, 0.29) is 6.61 Å². The van der Waals surface area contributed by atoms with E-state index in [0.29, 0.717) is 6.42 Å². The fourth-order valence-electron chi connectivity index (χ4n) is 4.34. The number of amides is 2. The first kappa shape index (κ1) is 24.9. The van der Waals surface area contributed by atoms with Crippen molar-refractivity contribution in [3.05, 3.63) is 71.8 Å².